The summed E-state index contributed by atoms with van der Waals surface area (Å²) in [5.74, 6) is 0.174. The van der Waals surface area contributed by atoms with Gasteiger partial charge in [-0.05, 0) is 48.0 Å². The van der Waals surface area contributed by atoms with Gasteiger partial charge in [0.1, 0.15) is 19.0 Å². The molecule has 6 nitrogen and oxygen atoms in total. The Balaban J connectivity index is 1.69. The molecule has 2 aromatic rings. The molecule has 0 aliphatic carbocycles. The van der Waals surface area contributed by atoms with Crippen LogP contribution < -0.4 is 14.2 Å². The van der Waals surface area contributed by atoms with Gasteiger partial charge in [0.05, 0.1) is 5.02 Å². The van der Waals surface area contributed by atoms with E-state index in [1.54, 1.807) is 42.5 Å². The fourth-order valence-electron chi connectivity index (χ4n) is 2.36. The van der Waals surface area contributed by atoms with Crippen molar-refractivity contribution in [2.75, 3.05) is 19.8 Å². The number of carboxylic acid groups (broad SMARTS) is 1. The van der Waals surface area contributed by atoms with E-state index in [1.807, 2.05) is 0 Å². The summed E-state index contributed by atoms with van der Waals surface area (Å²) in [6.07, 6.45) is 3.07. The molecule has 0 aromatic heterocycles. The Hall–Kier alpha value is -2.99. The molecule has 0 spiro atoms. The molecular weight excluding hydrogens is 360 g/mol. The number of halogens is 1. The van der Waals surface area contributed by atoms with Gasteiger partial charge in [0.2, 0.25) is 0 Å². The number of allylic oxidation sites excluding steroid dienone is 1. The molecule has 7 heteroatoms. The Kier molecular flexibility index (Phi) is 5.43. The van der Waals surface area contributed by atoms with Crippen LogP contribution in [0.5, 0.6) is 17.2 Å². The fourth-order valence-corrected chi connectivity index (χ4v) is 2.63. The summed E-state index contributed by atoms with van der Waals surface area (Å²) in [5, 5.41) is 9.00. The van der Waals surface area contributed by atoms with Gasteiger partial charge in [-0.15, -0.1) is 0 Å². The van der Waals surface area contributed by atoms with Crippen LogP contribution in [0.1, 0.15) is 15.9 Å². The number of carboxylic acids is 1. The topological polar surface area (TPSA) is 82.1 Å². The summed E-state index contributed by atoms with van der Waals surface area (Å²) in [6, 6.07) is 9.69. The first-order valence-corrected chi connectivity index (χ1v) is 8.17. The van der Waals surface area contributed by atoms with Gasteiger partial charge in [0.15, 0.2) is 23.9 Å². The second-order valence-corrected chi connectivity index (χ2v) is 5.84. The molecule has 1 aliphatic heterocycles. The first kappa shape index (κ1) is 17.8. The Morgan fingerprint density at radius 3 is 2.62 bits per heavy atom. The van der Waals surface area contributed by atoms with Crippen LogP contribution in [0.2, 0.25) is 5.02 Å². The second-order valence-electron chi connectivity index (χ2n) is 5.43. The minimum absolute atomic E-state index is 0.208. The van der Waals surface area contributed by atoms with Gasteiger partial charge >= 0.3 is 5.97 Å². The molecule has 0 bridgehead atoms. The maximum atomic E-state index is 12.3. The molecule has 3 rings (SSSR count). The molecule has 0 atom stereocenters. The van der Waals surface area contributed by atoms with E-state index in [4.69, 9.17) is 30.9 Å². The van der Waals surface area contributed by atoms with E-state index < -0.39 is 12.6 Å². The van der Waals surface area contributed by atoms with E-state index in [1.165, 1.54) is 6.08 Å². The van der Waals surface area contributed by atoms with Gasteiger partial charge in [0.25, 0.3) is 0 Å². The number of ether oxygens (including phenoxy) is 3. The lowest BCUT2D eigenvalue weighted by atomic mass is 10.1. The van der Waals surface area contributed by atoms with Gasteiger partial charge in [-0.2, -0.15) is 0 Å². The molecule has 0 fully saturated rings. The van der Waals surface area contributed by atoms with Crippen LogP contribution in [0, 0.1) is 0 Å². The average Bonchev–Trinajstić information content (AvgIpc) is 2.65. The Morgan fingerprint density at radius 1 is 1.15 bits per heavy atom. The number of carbonyl (C=O) groups excluding carboxylic acids is 1. The second kappa shape index (κ2) is 7.93. The fraction of sp³-hybridized carbons (Fsp3) is 0.158. The minimum atomic E-state index is -1.06. The molecule has 0 unspecified atom stereocenters. The zero-order valence-electron chi connectivity index (χ0n) is 13.6. The van der Waals surface area contributed by atoms with Crippen molar-refractivity contribution in [3.05, 3.63) is 58.6 Å². The summed E-state index contributed by atoms with van der Waals surface area (Å²) in [6.45, 7) is 0.469. The van der Waals surface area contributed by atoms with Crippen molar-refractivity contribution in [3.8, 4) is 17.2 Å². The van der Waals surface area contributed by atoms with Crippen molar-refractivity contribution < 1.29 is 28.9 Å². The first-order chi connectivity index (χ1) is 12.5. The maximum absolute atomic E-state index is 12.3. The Labute approximate surface area is 154 Å². The van der Waals surface area contributed by atoms with Crippen molar-refractivity contribution in [1.82, 2.24) is 0 Å². The monoisotopic (exact) mass is 374 g/mol. The smallest absolute Gasteiger partial charge is 0.341 e. The SMILES string of the molecule is O=C(O)COc1ccc(C(=O)/C=C/c2cc(Cl)c3c(c2)OCCO3)cc1. The summed E-state index contributed by atoms with van der Waals surface area (Å²) < 4.78 is 16.0. The molecule has 26 heavy (non-hydrogen) atoms. The largest absolute Gasteiger partial charge is 0.486 e. The average molecular weight is 375 g/mol. The molecule has 2 aromatic carbocycles. The summed E-state index contributed by atoms with van der Waals surface area (Å²) >= 11 is 6.17. The zero-order chi connectivity index (χ0) is 18.5. The van der Waals surface area contributed by atoms with E-state index in [-0.39, 0.29) is 5.78 Å². The van der Waals surface area contributed by atoms with Crippen molar-refractivity contribution in [2.45, 2.75) is 0 Å². The third-order valence-corrected chi connectivity index (χ3v) is 3.83. The van der Waals surface area contributed by atoms with Crippen molar-refractivity contribution in [3.63, 3.8) is 0 Å². The van der Waals surface area contributed by atoms with Crippen molar-refractivity contribution in [2.24, 2.45) is 0 Å². The van der Waals surface area contributed by atoms with Gasteiger partial charge < -0.3 is 19.3 Å². The standard InChI is InChI=1S/C19H15ClO6/c20-15-9-12(10-17-19(15)25-8-7-24-17)1-6-16(21)13-2-4-14(5-3-13)26-11-18(22)23/h1-6,9-10H,7-8,11H2,(H,22,23)/b6-1+. The van der Waals surface area contributed by atoms with E-state index in [0.29, 0.717) is 46.6 Å². The van der Waals surface area contributed by atoms with Crippen LogP contribution in [0.25, 0.3) is 6.08 Å². The quantitative estimate of drug-likeness (QED) is 0.616. The number of fused-ring (bicyclic) bond motifs is 1. The predicted molar refractivity (Wildman–Crippen MR) is 95.4 cm³/mol. The molecular formula is C19H15ClO6. The number of rotatable bonds is 6. The summed E-state index contributed by atoms with van der Waals surface area (Å²) in [7, 11) is 0. The van der Waals surface area contributed by atoms with Crippen LogP contribution in [0.3, 0.4) is 0 Å². The third-order valence-electron chi connectivity index (χ3n) is 3.55. The molecule has 0 saturated carbocycles. The maximum Gasteiger partial charge on any atom is 0.341 e. The summed E-state index contributed by atoms with van der Waals surface area (Å²) in [5.41, 5.74) is 1.17. The lowest BCUT2D eigenvalue weighted by molar-refractivity contribution is -0.139. The lowest BCUT2D eigenvalue weighted by Gasteiger charge is -2.19. The van der Waals surface area contributed by atoms with Gasteiger partial charge in [-0.25, -0.2) is 4.79 Å². The van der Waals surface area contributed by atoms with Crippen LogP contribution in [0.15, 0.2) is 42.5 Å². The van der Waals surface area contributed by atoms with Crippen molar-refractivity contribution in [1.29, 1.82) is 0 Å². The lowest BCUT2D eigenvalue weighted by Crippen LogP contribution is -2.15. The van der Waals surface area contributed by atoms with Crippen LogP contribution >= 0.6 is 11.6 Å². The molecule has 1 heterocycles. The van der Waals surface area contributed by atoms with E-state index in [9.17, 15) is 9.59 Å². The third kappa shape index (κ3) is 4.34. The summed E-state index contributed by atoms with van der Waals surface area (Å²) in [4.78, 5) is 22.7. The first-order valence-electron chi connectivity index (χ1n) is 7.79. The number of hydrogen-bond donors (Lipinski definition) is 1. The number of aliphatic carboxylic acids is 1. The van der Waals surface area contributed by atoms with Crippen LogP contribution in [-0.4, -0.2) is 36.7 Å². The number of hydrogen-bond acceptors (Lipinski definition) is 5. The van der Waals surface area contributed by atoms with Gasteiger partial charge in [0, 0.05) is 5.56 Å². The molecule has 134 valence electrons. The highest BCUT2D eigenvalue weighted by molar-refractivity contribution is 6.32. The van der Waals surface area contributed by atoms with Crippen LogP contribution in [-0.2, 0) is 4.79 Å². The highest BCUT2D eigenvalue weighted by Gasteiger charge is 2.16. The molecule has 1 aliphatic rings. The van der Waals surface area contributed by atoms with Crippen molar-refractivity contribution >= 4 is 29.4 Å². The molecule has 1 N–H and O–H groups in total. The molecule has 0 amide bonds. The molecule has 0 saturated heterocycles. The normalized spacial score (nSPS) is 12.8. The Bertz CT molecular complexity index is 857. The van der Waals surface area contributed by atoms with E-state index in [2.05, 4.69) is 0 Å². The number of benzene rings is 2. The molecule has 0 radical (unpaired) electrons. The number of carbonyl (C=O) groups is 2. The van der Waals surface area contributed by atoms with Gasteiger partial charge in [-0.3, -0.25) is 4.79 Å². The predicted octanol–water partition coefficient (Wildman–Crippen LogP) is 3.47. The minimum Gasteiger partial charge on any atom is -0.486 e. The van der Waals surface area contributed by atoms with E-state index in [0.717, 1.165) is 0 Å². The highest BCUT2D eigenvalue weighted by Crippen LogP contribution is 2.38. The van der Waals surface area contributed by atoms with E-state index >= 15 is 0 Å². The van der Waals surface area contributed by atoms with Crippen LogP contribution in [0.4, 0.5) is 0 Å². The highest BCUT2D eigenvalue weighted by atomic mass is 35.5. The Morgan fingerprint density at radius 2 is 1.88 bits per heavy atom. The zero-order valence-corrected chi connectivity index (χ0v) is 14.4. The van der Waals surface area contributed by atoms with Gasteiger partial charge in [-0.1, -0.05) is 17.7 Å². The number of ketones is 1.